The van der Waals surface area contributed by atoms with Gasteiger partial charge in [0.05, 0.1) is 40.8 Å². The van der Waals surface area contributed by atoms with E-state index in [1.165, 1.54) is 0 Å². The summed E-state index contributed by atoms with van der Waals surface area (Å²) < 4.78 is 7.34. The third-order valence-corrected chi connectivity index (χ3v) is 5.03. The Morgan fingerprint density at radius 3 is 2.96 bits per heavy atom. The molecule has 1 aliphatic rings. The van der Waals surface area contributed by atoms with E-state index in [-0.39, 0.29) is 0 Å². The normalized spacial score (nSPS) is 16.9. The highest BCUT2D eigenvalue weighted by molar-refractivity contribution is 7.15. The van der Waals surface area contributed by atoms with Crippen molar-refractivity contribution >= 4 is 26.0 Å². The van der Waals surface area contributed by atoms with E-state index in [1.807, 2.05) is 41.7 Å². The number of fused-ring (bicyclic) bond motifs is 1. The molecule has 0 amide bonds. The van der Waals surface area contributed by atoms with Crippen LogP contribution in [-0.4, -0.2) is 28.6 Å². The van der Waals surface area contributed by atoms with Crippen molar-refractivity contribution in [2.75, 3.05) is 18.5 Å². The zero-order valence-electron chi connectivity index (χ0n) is 14.0. The Morgan fingerprint density at radius 1 is 1.36 bits per heavy atom. The first-order valence-electron chi connectivity index (χ1n) is 8.29. The summed E-state index contributed by atoms with van der Waals surface area (Å²) >= 11 is 0. The molecule has 1 N–H and O–H groups in total. The molecular weight excluding hydrogens is 331 g/mol. The van der Waals surface area contributed by atoms with Crippen molar-refractivity contribution in [1.82, 2.24) is 9.32 Å². The number of anilines is 1. The summed E-state index contributed by atoms with van der Waals surface area (Å²) in [6.45, 7) is 3.58. The van der Waals surface area contributed by atoms with Crippen LogP contribution in [0, 0.1) is 18.3 Å². The molecule has 1 fully saturated rings. The maximum Gasteiger partial charge on any atom is 0.101 e. The highest BCUT2D eigenvalue weighted by Gasteiger charge is 2.17. The number of aromatic nitrogens is 2. The summed E-state index contributed by atoms with van der Waals surface area (Å²) in [5.41, 5.74) is 5.52. The van der Waals surface area contributed by atoms with E-state index in [2.05, 4.69) is 26.8 Å². The van der Waals surface area contributed by atoms with E-state index in [0.717, 1.165) is 53.2 Å². The first kappa shape index (κ1) is 16.1. The predicted octanol–water partition coefficient (Wildman–Crippen LogP) is 3.72. The van der Waals surface area contributed by atoms with Gasteiger partial charge in [-0.15, -0.1) is 0 Å². The van der Waals surface area contributed by atoms with Crippen LogP contribution in [0.25, 0.3) is 22.2 Å². The lowest BCUT2D eigenvalue weighted by atomic mass is 10.1. The van der Waals surface area contributed by atoms with Crippen LogP contribution in [0.2, 0.25) is 0 Å². The van der Waals surface area contributed by atoms with Gasteiger partial charge in [0, 0.05) is 23.8 Å². The molecule has 0 aliphatic carbocycles. The van der Waals surface area contributed by atoms with Crippen LogP contribution >= 0.6 is 9.39 Å². The van der Waals surface area contributed by atoms with E-state index < -0.39 is 0 Å². The molecule has 0 radical (unpaired) electrons. The number of rotatable bonds is 3. The van der Waals surface area contributed by atoms with Crippen LogP contribution in [0.5, 0.6) is 0 Å². The number of nitrogens with one attached hydrogen (secondary N) is 1. The zero-order chi connectivity index (χ0) is 17.4. The van der Waals surface area contributed by atoms with Gasteiger partial charge < -0.3 is 14.4 Å². The number of benzene rings is 1. The molecule has 126 valence electrons. The Hall–Kier alpha value is -2.41. The van der Waals surface area contributed by atoms with Crippen molar-refractivity contribution in [1.29, 1.82) is 5.26 Å². The van der Waals surface area contributed by atoms with E-state index in [4.69, 9.17) is 9.72 Å². The van der Waals surface area contributed by atoms with Gasteiger partial charge >= 0.3 is 0 Å². The number of hydrogen-bond acceptors (Lipinski definition) is 4. The molecule has 2 atom stereocenters. The van der Waals surface area contributed by atoms with Crippen molar-refractivity contribution in [2.45, 2.75) is 19.4 Å². The average molecular weight is 350 g/mol. The summed E-state index contributed by atoms with van der Waals surface area (Å²) in [4.78, 5) is 4.80. The highest BCUT2D eigenvalue weighted by Crippen LogP contribution is 2.33. The Kier molecular flexibility index (Phi) is 4.17. The van der Waals surface area contributed by atoms with E-state index >= 15 is 0 Å². The molecule has 4 rings (SSSR count). The molecule has 0 spiro atoms. The number of para-hydroxylation sites is 1. The van der Waals surface area contributed by atoms with Crippen LogP contribution in [0.3, 0.4) is 0 Å². The number of aryl methyl sites for hydroxylation is 1. The SMILES string of the molecule is Cc1nc(-c2cn(P)c3c(C#N)cccc23)ccc1NC1CCOC1. The lowest BCUT2D eigenvalue weighted by molar-refractivity contribution is 0.195. The van der Waals surface area contributed by atoms with Gasteiger partial charge in [0.25, 0.3) is 0 Å². The second-order valence-electron chi connectivity index (χ2n) is 6.30. The lowest BCUT2D eigenvalue weighted by Gasteiger charge is -2.14. The van der Waals surface area contributed by atoms with Crippen LogP contribution in [-0.2, 0) is 4.74 Å². The van der Waals surface area contributed by atoms with Crippen molar-refractivity contribution in [3.8, 4) is 17.3 Å². The molecule has 5 nitrogen and oxygen atoms in total. The summed E-state index contributed by atoms with van der Waals surface area (Å²) in [6.07, 6.45) is 3.04. The quantitative estimate of drug-likeness (QED) is 0.731. The van der Waals surface area contributed by atoms with Crippen LogP contribution in [0.15, 0.2) is 36.5 Å². The molecule has 2 aromatic heterocycles. The third-order valence-electron chi connectivity index (χ3n) is 4.62. The van der Waals surface area contributed by atoms with Gasteiger partial charge in [0.1, 0.15) is 6.07 Å². The Balaban J connectivity index is 1.74. The van der Waals surface area contributed by atoms with Crippen LogP contribution in [0.1, 0.15) is 17.7 Å². The fourth-order valence-corrected chi connectivity index (χ4v) is 3.77. The first-order chi connectivity index (χ1) is 12.2. The monoisotopic (exact) mass is 350 g/mol. The van der Waals surface area contributed by atoms with Gasteiger partial charge in [-0.1, -0.05) is 12.1 Å². The molecule has 0 saturated carbocycles. The van der Waals surface area contributed by atoms with E-state index in [0.29, 0.717) is 11.6 Å². The molecule has 0 bridgehead atoms. The molecule has 1 aliphatic heterocycles. The molecular formula is C19H19N4OP. The Morgan fingerprint density at radius 2 is 2.24 bits per heavy atom. The smallest absolute Gasteiger partial charge is 0.101 e. The minimum Gasteiger partial charge on any atom is -0.379 e. The molecule has 6 heteroatoms. The second kappa shape index (κ2) is 6.48. The summed E-state index contributed by atoms with van der Waals surface area (Å²) in [5, 5.41) is 13.9. The minimum absolute atomic E-state index is 0.360. The molecule has 25 heavy (non-hydrogen) atoms. The topological polar surface area (TPSA) is 62.9 Å². The maximum absolute atomic E-state index is 9.35. The third kappa shape index (κ3) is 2.89. The summed E-state index contributed by atoms with van der Waals surface area (Å²) in [7, 11) is 2.65. The van der Waals surface area contributed by atoms with Crippen LogP contribution < -0.4 is 5.32 Å². The molecule has 2 unspecified atom stereocenters. The van der Waals surface area contributed by atoms with Gasteiger partial charge in [-0.25, -0.2) is 0 Å². The zero-order valence-corrected chi connectivity index (χ0v) is 15.1. The number of nitrogens with zero attached hydrogens (tertiary/aromatic N) is 3. The molecule has 1 saturated heterocycles. The first-order valence-corrected chi connectivity index (χ1v) is 8.80. The minimum atomic E-state index is 0.360. The predicted molar refractivity (Wildman–Crippen MR) is 103 cm³/mol. The number of hydrogen-bond donors (Lipinski definition) is 1. The molecule has 3 heterocycles. The van der Waals surface area contributed by atoms with Gasteiger partial charge in [0.15, 0.2) is 0 Å². The van der Waals surface area contributed by atoms with E-state index in [1.54, 1.807) is 0 Å². The van der Waals surface area contributed by atoms with Crippen molar-refractivity contribution in [3.05, 3.63) is 47.8 Å². The van der Waals surface area contributed by atoms with Crippen molar-refractivity contribution in [2.24, 2.45) is 0 Å². The lowest BCUT2D eigenvalue weighted by Crippen LogP contribution is -2.19. The van der Waals surface area contributed by atoms with Gasteiger partial charge in [0.2, 0.25) is 0 Å². The van der Waals surface area contributed by atoms with Crippen LogP contribution in [0.4, 0.5) is 5.69 Å². The fourth-order valence-electron chi connectivity index (χ4n) is 3.34. The van der Waals surface area contributed by atoms with Gasteiger partial charge in [-0.3, -0.25) is 4.98 Å². The standard InChI is InChI=1S/C19H19N4OP/c1-12-17(22-14-7-8-24-11-14)5-6-18(21-12)16-10-23(25)19-13(9-20)3-2-4-15(16)19/h2-6,10,14,22H,7-8,11,25H2,1H3. The molecule has 1 aromatic carbocycles. The Bertz CT molecular complexity index is 983. The fraction of sp³-hybridized carbons (Fsp3) is 0.263. The maximum atomic E-state index is 9.35. The van der Waals surface area contributed by atoms with Crippen molar-refractivity contribution < 1.29 is 4.74 Å². The van der Waals surface area contributed by atoms with E-state index in [9.17, 15) is 5.26 Å². The average Bonchev–Trinajstić information content (AvgIpc) is 3.25. The number of pyridine rings is 1. The number of nitriles is 1. The highest BCUT2D eigenvalue weighted by atomic mass is 31.0. The van der Waals surface area contributed by atoms with Gasteiger partial charge in [-0.2, -0.15) is 5.26 Å². The van der Waals surface area contributed by atoms with Crippen molar-refractivity contribution in [3.63, 3.8) is 0 Å². The van der Waals surface area contributed by atoms with Gasteiger partial charge in [-0.05, 0) is 40.9 Å². The Labute approximate surface area is 148 Å². The molecule has 3 aromatic rings. The summed E-state index contributed by atoms with van der Waals surface area (Å²) in [6, 6.07) is 12.5. The second-order valence-corrected chi connectivity index (χ2v) is 6.85. The largest absolute Gasteiger partial charge is 0.379 e. The summed E-state index contributed by atoms with van der Waals surface area (Å²) in [5.74, 6) is 0. The number of ether oxygens (including phenoxy) is 1.